The molecule has 3 aliphatic rings. The lowest BCUT2D eigenvalue weighted by molar-refractivity contribution is -0.126. The minimum Gasteiger partial charge on any atom is -0.376 e. The molecule has 1 unspecified atom stereocenters. The van der Waals surface area contributed by atoms with Gasteiger partial charge in [-0.05, 0) is 32.7 Å². The van der Waals surface area contributed by atoms with Gasteiger partial charge in [0.2, 0.25) is 5.91 Å². The lowest BCUT2D eigenvalue weighted by Gasteiger charge is -2.38. The number of carbonyl (C=O) groups is 1. The number of nitrogens with one attached hydrogen (secondary N) is 1. The van der Waals surface area contributed by atoms with Crippen LogP contribution in [0.15, 0.2) is 12.5 Å². The molecule has 4 heterocycles. The summed E-state index contributed by atoms with van der Waals surface area (Å²) in [6.45, 7) is 7.29. The summed E-state index contributed by atoms with van der Waals surface area (Å²) in [7, 11) is 2.16. The maximum absolute atomic E-state index is 12.5. The number of anilines is 2. The highest BCUT2D eigenvalue weighted by molar-refractivity contribution is 5.79. The topological polar surface area (TPSA) is 73.8 Å². The number of hydrogen-bond acceptors (Lipinski definition) is 7. The Balaban J connectivity index is 1.32. The molecule has 0 bridgehead atoms. The van der Waals surface area contributed by atoms with Crippen LogP contribution in [0.1, 0.15) is 25.7 Å². The Kier molecular flexibility index (Phi) is 6.26. The second kappa shape index (κ2) is 9.05. The number of amides is 1. The van der Waals surface area contributed by atoms with Crippen LogP contribution in [0.4, 0.5) is 11.5 Å². The number of carbonyl (C=O) groups excluding carboxylic acids is 1. The van der Waals surface area contributed by atoms with Crippen molar-refractivity contribution in [3.05, 3.63) is 12.5 Å². The van der Waals surface area contributed by atoms with E-state index in [0.29, 0.717) is 6.54 Å². The number of aromatic nitrogens is 2. The van der Waals surface area contributed by atoms with Gasteiger partial charge in [0.15, 0.2) is 5.82 Å². The average Bonchev–Trinajstić information content (AvgIpc) is 3.26. The smallest absolute Gasteiger partial charge is 0.223 e. The Bertz CT molecular complexity index is 650. The highest BCUT2D eigenvalue weighted by atomic mass is 16.5. The summed E-state index contributed by atoms with van der Waals surface area (Å²) >= 11 is 0. The zero-order valence-electron chi connectivity index (χ0n) is 16.8. The Morgan fingerprint density at radius 1 is 1.14 bits per heavy atom. The van der Waals surface area contributed by atoms with E-state index in [2.05, 4.69) is 37.0 Å². The lowest BCUT2D eigenvalue weighted by Crippen LogP contribution is -2.46. The predicted molar refractivity (Wildman–Crippen MR) is 109 cm³/mol. The maximum atomic E-state index is 12.5. The first kappa shape index (κ1) is 19.4. The van der Waals surface area contributed by atoms with Gasteiger partial charge in [-0.3, -0.25) is 4.79 Å². The molecule has 0 spiro atoms. The number of likely N-dealkylation sites (N-methyl/N-ethyl adjacent to an activating group) is 1. The molecule has 1 amide bonds. The van der Waals surface area contributed by atoms with Gasteiger partial charge in [0.25, 0.3) is 0 Å². The van der Waals surface area contributed by atoms with Crippen LogP contribution in [0.3, 0.4) is 0 Å². The number of piperazine rings is 1. The van der Waals surface area contributed by atoms with Gasteiger partial charge in [-0.25, -0.2) is 9.97 Å². The maximum Gasteiger partial charge on any atom is 0.223 e. The molecule has 4 rings (SSSR count). The van der Waals surface area contributed by atoms with Gasteiger partial charge in [-0.15, -0.1) is 0 Å². The van der Waals surface area contributed by atoms with E-state index >= 15 is 0 Å². The zero-order valence-corrected chi connectivity index (χ0v) is 16.8. The molecule has 3 fully saturated rings. The largest absolute Gasteiger partial charge is 0.376 e. The molecule has 1 aromatic rings. The van der Waals surface area contributed by atoms with E-state index in [1.165, 1.54) is 0 Å². The third-order valence-electron chi connectivity index (χ3n) is 6.21. The molecule has 8 nitrogen and oxygen atoms in total. The molecule has 1 atom stereocenters. The van der Waals surface area contributed by atoms with Crippen molar-refractivity contribution in [2.45, 2.75) is 31.8 Å². The standard InChI is InChI=1S/C20H32N6O2/c1-24-8-10-26(11-9-24)19-18(14-21-15-23-19)25-6-4-16(5-7-25)20(27)22-13-17-3-2-12-28-17/h14-17H,2-13H2,1H3,(H,22,27). The molecule has 0 aliphatic carbocycles. The van der Waals surface area contributed by atoms with Crippen molar-refractivity contribution >= 4 is 17.4 Å². The molecule has 154 valence electrons. The Morgan fingerprint density at radius 3 is 2.64 bits per heavy atom. The third kappa shape index (κ3) is 4.55. The van der Waals surface area contributed by atoms with Gasteiger partial charge in [0.05, 0.1) is 18.0 Å². The van der Waals surface area contributed by atoms with E-state index in [1.807, 2.05) is 6.20 Å². The van der Waals surface area contributed by atoms with Crippen molar-refractivity contribution in [1.82, 2.24) is 20.2 Å². The van der Waals surface area contributed by atoms with Gasteiger partial charge in [0.1, 0.15) is 6.33 Å². The summed E-state index contributed by atoms with van der Waals surface area (Å²) in [5, 5.41) is 3.10. The monoisotopic (exact) mass is 388 g/mol. The highest BCUT2D eigenvalue weighted by Gasteiger charge is 2.28. The summed E-state index contributed by atoms with van der Waals surface area (Å²) in [4.78, 5) is 28.4. The first-order valence-corrected chi connectivity index (χ1v) is 10.6. The second-order valence-corrected chi connectivity index (χ2v) is 8.16. The van der Waals surface area contributed by atoms with Crippen molar-refractivity contribution in [3.8, 4) is 0 Å². The average molecular weight is 389 g/mol. The molecule has 3 aliphatic heterocycles. The van der Waals surface area contributed by atoms with Crippen molar-refractivity contribution in [2.24, 2.45) is 5.92 Å². The highest BCUT2D eigenvalue weighted by Crippen LogP contribution is 2.30. The van der Waals surface area contributed by atoms with Crippen LogP contribution in [0.5, 0.6) is 0 Å². The number of piperidine rings is 1. The van der Waals surface area contributed by atoms with E-state index in [9.17, 15) is 4.79 Å². The third-order valence-corrected chi connectivity index (χ3v) is 6.21. The van der Waals surface area contributed by atoms with Gasteiger partial charge in [-0.1, -0.05) is 0 Å². The van der Waals surface area contributed by atoms with E-state index < -0.39 is 0 Å². The van der Waals surface area contributed by atoms with E-state index in [4.69, 9.17) is 4.74 Å². The number of ether oxygens (including phenoxy) is 1. The summed E-state index contributed by atoms with van der Waals surface area (Å²) in [6, 6.07) is 0. The molecule has 1 aromatic heterocycles. The van der Waals surface area contributed by atoms with E-state index in [1.54, 1.807) is 6.33 Å². The van der Waals surface area contributed by atoms with E-state index in [0.717, 1.165) is 83.1 Å². The minimum atomic E-state index is 0.0920. The fourth-order valence-corrected chi connectivity index (χ4v) is 4.35. The van der Waals surface area contributed by atoms with Gasteiger partial charge < -0.3 is 24.8 Å². The Hall–Kier alpha value is -1.93. The fourth-order valence-electron chi connectivity index (χ4n) is 4.35. The molecule has 0 radical (unpaired) electrons. The predicted octanol–water partition coefficient (Wildman–Crippen LogP) is 0.740. The van der Waals surface area contributed by atoms with Crippen LogP contribution in [-0.4, -0.2) is 86.3 Å². The van der Waals surface area contributed by atoms with Gasteiger partial charge in [-0.2, -0.15) is 0 Å². The summed E-state index contributed by atoms with van der Waals surface area (Å²) in [5.74, 6) is 1.30. The minimum absolute atomic E-state index is 0.0920. The first-order valence-electron chi connectivity index (χ1n) is 10.6. The number of hydrogen-bond donors (Lipinski definition) is 1. The lowest BCUT2D eigenvalue weighted by atomic mass is 9.95. The quantitative estimate of drug-likeness (QED) is 0.797. The van der Waals surface area contributed by atoms with Crippen LogP contribution in [0.2, 0.25) is 0 Å². The fraction of sp³-hybridized carbons (Fsp3) is 0.750. The van der Waals surface area contributed by atoms with Crippen molar-refractivity contribution in [3.63, 3.8) is 0 Å². The normalized spacial score (nSPS) is 24.5. The van der Waals surface area contributed by atoms with Gasteiger partial charge >= 0.3 is 0 Å². The molecule has 1 N–H and O–H groups in total. The van der Waals surface area contributed by atoms with E-state index in [-0.39, 0.29) is 17.9 Å². The number of nitrogens with zero attached hydrogens (tertiary/aromatic N) is 5. The molecule has 3 saturated heterocycles. The molecular formula is C20H32N6O2. The molecule has 0 aromatic carbocycles. The van der Waals surface area contributed by atoms with Crippen molar-refractivity contribution < 1.29 is 9.53 Å². The Morgan fingerprint density at radius 2 is 1.93 bits per heavy atom. The molecular weight excluding hydrogens is 356 g/mol. The second-order valence-electron chi connectivity index (χ2n) is 8.16. The first-order chi connectivity index (χ1) is 13.7. The van der Waals surface area contributed by atoms with Gasteiger partial charge in [0, 0.05) is 58.3 Å². The molecule has 0 saturated carbocycles. The van der Waals surface area contributed by atoms with Crippen LogP contribution < -0.4 is 15.1 Å². The Labute approximate surface area is 167 Å². The van der Waals surface area contributed by atoms with Crippen molar-refractivity contribution in [2.75, 3.05) is 69.3 Å². The van der Waals surface area contributed by atoms with Crippen molar-refractivity contribution in [1.29, 1.82) is 0 Å². The molecule has 8 heteroatoms. The summed E-state index contributed by atoms with van der Waals surface area (Å²) in [6.07, 6.45) is 7.68. The van der Waals surface area contributed by atoms with Crippen LogP contribution in [0, 0.1) is 5.92 Å². The summed E-state index contributed by atoms with van der Waals surface area (Å²) < 4.78 is 5.60. The molecule has 28 heavy (non-hydrogen) atoms. The zero-order chi connectivity index (χ0) is 19.3. The SMILES string of the molecule is CN1CCN(c2ncncc2N2CCC(C(=O)NCC3CCCO3)CC2)CC1. The summed E-state index contributed by atoms with van der Waals surface area (Å²) in [5.41, 5.74) is 1.10. The number of rotatable bonds is 5. The van der Waals surface area contributed by atoms with Crippen LogP contribution >= 0.6 is 0 Å². The van der Waals surface area contributed by atoms with Crippen LogP contribution in [-0.2, 0) is 9.53 Å². The van der Waals surface area contributed by atoms with Crippen LogP contribution in [0.25, 0.3) is 0 Å².